The molecule has 1 aliphatic rings. The molecule has 0 radical (unpaired) electrons. The Kier molecular flexibility index (Phi) is 2.32. The van der Waals surface area contributed by atoms with Gasteiger partial charge in [-0.05, 0) is 12.2 Å². The minimum absolute atomic E-state index is 0.129. The molecule has 0 bridgehead atoms. The van der Waals surface area contributed by atoms with Gasteiger partial charge in [0.05, 0.1) is 0 Å². The summed E-state index contributed by atoms with van der Waals surface area (Å²) in [6.07, 6.45) is -2.73. The zero-order chi connectivity index (χ0) is 10.5. The minimum atomic E-state index is -4.69. The van der Waals surface area contributed by atoms with Gasteiger partial charge >= 0.3 is 11.1 Å². The van der Waals surface area contributed by atoms with Gasteiger partial charge in [0, 0.05) is 0 Å². The molecule has 0 saturated heterocycles. The Morgan fingerprint density at radius 2 is 1.54 bits per heavy atom. The van der Waals surface area contributed by atoms with Crippen LogP contribution in [0, 0.1) is 0 Å². The van der Waals surface area contributed by atoms with E-state index in [1.807, 2.05) is 0 Å². The fourth-order valence-corrected chi connectivity index (χ4v) is 1.19. The van der Waals surface area contributed by atoms with Crippen molar-refractivity contribution in [2.24, 2.45) is 0 Å². The van der Waals surface area contributed by atoms with E-state index in [1.165, 1.54) is 0 Å². The number of halogens is 7. The van der Waals surface area contributed by atoms with E-state index in [4.69, 9.17) is 11.6 Å². The number of alkyl halides is 7. The van der Waals surface area contributed by atoms with Crippen LogP contribution in [-0.4, -0.2) is 22.4 Å². The molecule has 13 heavy (non-hydrogen) atoms. The summed E-state index contributed by atoms with van der Waals surface area (Å²) in [6, 6.07) is 0. The predicted molar refractivity (Wildman–Crippen MR) is 38.4 cm³/mol. The second-order valence-electron chi connectivity index (χ2n) is 2.58. The van der Waals surface area contributed by atoms with Crippen LogP contribution in [0.25, 0.3) is 0 Å². The van der Waals surface area contributed by atoms with Gasteiger partial charge in [0.15, 0.2) is 6.17 Å². The molecular weight excluding hydrogens is 238 g/mol. The number of rotatable bonds is 0. The van der Waals surface area contributed by atoms with Crippen molar-refractivity contribution in [2.75, 3.05) is 0 Å². The maximum absolute atomic E-state index is 12.9. The van der Waals surface area contributed by atoms with E-state index in [0.29, 0.717) is 0 Å². The molecule has 0 aliphatic heterocycles. The van der Waals surface area contributed by atoms with Crippen LogP contribution in [0.2, 0.25) is 0 Å². The highest BCUT2D eigenvalue weighted by atomic mass is 35.5. The van der Waals surface area contributed by atoms with Gasteiger partial charge in [-0.2, -0.15) is 8.78 Å². The third-order valence-electron chi connectivity index (χ3n) is 1.66. The summed E-state index contributed by atoms with van der Waals surface area (Å²) in [5.74, 6) is -4.69. The molecule has 0 saturated carbocycles. The van der Waals surface area contributed by atoms with Gasteiger partial charge in [0.1, 0.15) is 0 Å². The van der Waals surface area contributed by atoms with Crippen LogP contribution < -0.4 is 0 Å². The molecule has 76 valence electrons. The monoisotopic (exact) mass is 240 g/mol. The van der Waals surface area contributed by atoms with E-state index in [9.17, 15) is 22.0 Å². The highest BCUT2D eigenvalue weighted by Crippen LogP contribution is 2.54. The van der Waals surface area contributed by atoms with Gasteiger partial charge in [-0.1, -0.05) is 23.2 Å². The van der Waals surface area contributed by atoms with Crippen molar-refractivity contribution in [3.63, 3.8) is 0 Å². The topological polar surface area (TPSA) is 0 Å². The van der Waals surface area contributed by atoms with Gasteiger partial charge in [-0.15, -0.1) is 0 Å². The summed E-state index contributed by atoms with van der Waals surface area (Å²) in [7, 11) is 0. The molecule has 3 atom stereocenters. The summed E-state index contributed by atoms with van der Waals surface area (Å²) in [6.45, 7) is 0. The first-order valence-electron chi connectivity index (χ1n) is 3.10. The molecule has 0 nitrogen and oxygen atoms in total. The lowest BCUT2D eigenvalue weighted by Gasteiger charge is -2.37. The number of hydrogen-bond donors (Lipinski definition) is 0. The Labute approximate surface area is 80.3 Å². The van der Waals surface area contributed by atoms with E-state index >= 15 is 0 Å². The fourth-order valence-electron chi connectivity index (χ4n) is 0.826. The van der Waals surface area contributed by atoms with E-state index < -0.39 is 22.4 Å². The third kappa shape index (κ3) is 1.32. The second kappa shape index (κ2) is 2.73. The zero-order valence-corrected chi connectivity index (χ0v) is 7.39. The van der Waals surface area contributed by atoms with Crippen molar-refractivity contribution in [3.05, 3.63) is 12.2 Å². The Morgan fingerprint density at radius 3 is 1.92 bits per heavy atom. The molecule has 1 rings (SSSR count). The van der Waals surface area contributed by atoms with Crippen molar-refractivity contribution < 1.29 is 22.0 Å². The molecule has 0 heterocycles. The smallest absolute Gasteiger partial charge is 0.236 e. The number of allylic oxidation sites excluding steroid dienone is 2. The lowest BCUT2D eigenvalue weighted by atomic mass is 9.97. The maximum Gasteiger partial charge on any atom is 0.334 e. The van der Waals surface area contributed by atoms with Crippen molar-refractivity contribution in [1.29, 1.82) is 0 Å². The highest BCUT2D eigenvalue weighted by molar-refractivity contribution is 6.35. The van der Waals surface area contributed by atoms with Crippen molar-refractivity contribution in [2.45, 2.75) is 22.4 Å². The van der Waals surface area contributed by atoms with Crippen molar-refractivity contribution >= 4 is 23.2 Å². The first-order chi connectivity index (χ1) is 5.63. The van der Waals surface area contributed by atoms with Crippen LogP contribution in [0.3, 0.4) is 0 Å². The average molecular weight is 241 g/mol. The fraction of sp³-hybridized carbons (Fsp3) is 0.667. The summed E-state index contributed by atoms with van der Waals surface area (Å²) in [5.41, 5.74) is 0. The highest BCUT2D eigenvalue weighted by Gasteiger charge is 2.71. The Balaban J connectivity index is 3.22. The lowest BCUT2D eigenvalue weighted by molar-refractivity contribution is -0.162. The molecule has 0 amide bonds. The maximum atomic E-state index is 12.9. The van der Waals surface area contributed by atoms with Crippen molar-refractivity contribution in [3.8, 4) is 0 Å². The second-order valence-corrected chi connectivity index (χ2v) is 3.65. The Hall–Kier alpha value is -0.0300. The predicted octanol–water partition coefficient (Wildman–Crippen LogP) is 3.34. The summed E-state index contributed by atoms with van der Waals surface area (Å²) >= 11 is 9.24. The molecule has 0 aromatic carbocycles. The van der Waals surface area contributed by atoms with Crippen LogP contribution in [-0.2, 0) is 0 Å². The van der Waals surface area contributed by atoms with Crippen molar-refractivity contribution in [1.82, 2.24) is 0 Å². The normalized spacial score (nSPS) is 49.3. The van der Waals surface area contributed by atoms with Gasteiger partial charge in [-0.3, -0.25) is 0 Å². The molecule has 3 unspecified atom stereocenters. The SMILES string of the molecule is FC1C=CC(F)(Cl)C(F)(Cl)C1(F)F. The van der Waals surface area contributed by atoms with E-state index in [2.05, 4.69) is 11.6 Å². The van der Waals surface area contributed by atoms with Gasteiger partial charge in [0.25, 0.3) is 5.13 Å². The molecule has 0 fully saturated rings. The van der Waals surface area contributed by atoms with Crippen LogP contribution in [0.4, 0.5) is 22.0 Å². The Morgan fingerprint density at radius 1 is 1.08 bits per heavy atom. The molecule has 0 aromatic rings. The van der Waals surface area contributed by atoms with E-state index in [0.717, 1.165) is 0 Å². The van der Waals surface area contributed by atoms with Gasteiger partial charge < -0.3 is 0 Å². The lowest BCUT2D eigenvalue weighted by Crippen LogP contribution is -2.58. The van der Waals surface area contributed by atoms with Gasteiger partial charge in [0.2, 0.25) is 0 Å². The first kappa shape index (κ1) is 11.0. The van der Waals surface area contributed by atoms with Crippen LogP contribution in [0.15, 0.2) is 12.2 Å². The number of hydrogen-bond acceptors (Lipinski definition) is 0. The zero-order valence-electron chi connectivity index (χ0n) is 5.88. The molecular formula is C6H3Cl2F5. The van der Waals surface area contributed by atoms with Crippen LogP contribution in [0.5, 0.6) is 0 Å². The van der Waals surface area contributed by atoms with E-state index in [-0.39, 0.29) is 12.2 Å². The summed E-state index contributed by atoms with van der Waals surface area (Å²) in [5, 5.41) is -7.89. The minimum Gasteiger partial charge on any atom is -0.236 e. The summed E-state index contributed by atoms with van der Waals surface area (Å²) in [4.78, 5) is 0. The van der Waals surface area contributed by atoms with Crippen LogP contribution >= 0.6 is 23.2 Å². The standard InChI is InChI=1S/C6H3Cl2F5/c7-4(10)2-1-3(9)5(11,12)6(4,8)13/h1-3H. The quantitative estimate of drug-likeness (QED) is 0.346. The largest absolute Gasteiger partial charge is 0.334 e. The average Bonchev–Trinajstić information content (AvgIpc) is 1.97. The molecule has 0 spiro atoms. The molecule has 1 aliphatic carbocycles. The Bertz CT molecular complexity index is 247. The molecule has 0 N–H and O–H groups in total. The van der Waals surface area contributed by atoms with E-state index in [1.54, 1.807) is 0 Å². The summed E-state index contributed by atoms with van der Waals surface area (Å²) < 4.78 is 63.4. The third-order valence-corrected chi connectivity index (χ3v) is 2.67. The van der Waals surface area contributed by atoms with Gasteiger partial charge in [-0.25, -0.2) is 13.2 Å². The first-order valence-corrected chi connectivity index (χ1v) is 3.85. The van der Waals surface area contributed by atoms with Crippen LogP contribution in [0.1, 0.15) is 0 Å². The molecule has 0 aromatic heterocycles. The molecule has 7 heteroatoms.